The van der Waals surface area contributed by atoms with E-state index in [1.54, 1.807) is 24.3 Å². The average Bonchev–Trinajstić information content (AvgIpc) is 2.30. The van der Waals surface area contributed by atoms with Gasteiger partial charge in [0.15, 0.2) is 0 Å². The molecule has 0 fully saturated rings. The minimum atomic E-state index is -0.300. The summed E-state index contributed by atoms with van der Waals surface area (Å²) in [5.41, 5.74) is 0.940. The summed E-state index contributed by atoms with van der Waals surface area (Å²) in [6.45, 7) is 0. The molecule has 0 unspecified atom stereocenters. The molecule has 0 spiro atoms. The fraction of sp³-hybridized carbons (Fsp3) is 0. The number of rotatable bonds is 0. The molecule has 0 aromatic heterocycles. The third-order valence-electron chi connectivity index (χ3n) is 1.64. The molecule has 12 heavy (non-hydrogen) atoms. The zero-order chi connectivity index (χ0) is 7.84. The van der Waals surface area contributed by atoms with E-state index in [9.17, 15) is 9.59 Å². The molecule has 0 aliphatic carbocycles. The van der Waals surface area contributed by atoms with Crippen LogP contribution in [-0.4, -0.2) is 80.7 Å². The topological polar surface area (TPSA) is 46.2 Å². The molecule has 0 saturated carbocycles. The van der Waals surface area contributed by atoms with Gasteiger partial charge in [-0.2, -0.15) is 0 Å². The van der Waals surface area contributed by atoms with Crippen molar-refractivity contribution in [3.8, 4) is 0 Å². The first-order valence-corrected chi connectivity index (χ1v) is 3.24. The maximum atomic E-state index is 10.9. The zero-order valence-electron chi connectivity index (χ0n) is 5.63. The van der Waals surface area contributed by atoms with Crippen molar-refractivity contribution in [3.05, 3.63) is 35.4 Å². The molecule has 1 aromatic rings. The van der Waals surface area contributed by atoms with Crippen LogP contribution in [0.4, 0.5) is 0 Å². The first-order chi connectivity index (χ1) is 5.29. The Hall–Kier alpha value is 0.412. The van der Waals surface area contributed by atoms with Crippen molar-refractivity contribution in [2.75, 3.05) is 0 Å². The van der Waals surface area contributed by atoms with E-state index in [0.29, 0.717) is 11.1 Å². The van der Waals surface area contributed by atoms with Gasteiger partial charge in [-0.1, -0.05) is 12.1 Å². The van der Waals surface area contributed by atoms with Gasteiger partial charge in [-0.25, -0.2) is 0 Å². The molecule has 0 saturated heterocycles. The monoisotopic (exact) mass is 281 g/mol. The van der Waals surface area contributed by atoms with Crippen LogP contribution in [0.1, 0.15) is 20.7 Å². The molecule has 3 nitrogen and oxygen atoms in total. The van der Waals surface area contributed by atoms with Gasteiger partial charge in [-0.05, 0) is 12.1 Å². The van der Waals surface area contributed by atoms with Crippen LogP contribution in [0.3, 0.4) is 0 Å². The van der Waals surface area contributed by atoms with E-state index >= 15 is 0 Å². The first-order valence-electron chi connectivity index (χ1n) is 3.24. The second kappa shape index (κ2) is 4.08. The molecule has 4 heteroatoms. The maximum absolute atomic E-state index is 10.9. The molecule has 1 aliphatic heterocycles. The number of imide groups is 1. The molecular weight excluding hydrogens is 275 g/mol. The first kappa shape index (κ1) is 10.5. The quantitative estimate of drug-likeness (QED) is 0.676. The Kier molecular flexibility index (Phi) is 3.57. The van der Waals surface area contributed by atoms with Gasteiger partial charge >= 0.3 is 68.9 Å². The van der Waals surface area contributed by atoms with Crippen LogP contribution in [-0.2, 0) is 0 Å². The number of benzene rings is 1. The molecule has 1 heterocycles. The summed E-state index contributed by atoms with van der Waals surface area (Å²) in [6, 6.07) is 6.74. The van der Waals surface area contributed by atoms with Crippen molar-refractivity contribution in [1.82, 2.24) is 5.32 Å². The molecule has 0 bridgehead atoms. The minimum absolute atomic E-state index is 0. The number of amides is 2. The van der Waals surface area contributed by atoms with Crippen molar-refractivity contribution < 1.29 is 9.59 Å². The van der Waals surface area contributed by atoms with Crippen molar-refractivity contribution in [2.24, 2.45) is 0 Å². The SMILES string of the molecule is O=C1NC(=O)c2ccccc21.[CsH]. The van der Waals surface area contributed by atoms with Crippen LogP contribution in [0.25, 0.3) is 0 Å². The Morgan fingerprint density at radius 1 is 0.917 bits per heavy atom. The molecule has 1 aromatic carbocycles. The fourth-order valence-electron chi connectivity index (χ4n) is 1.12. The van der Waals surface area contributed by atoms with Crippen molar-refractivity contribution in [1.29, 1.82) is 0 Å². The van der Waals surface area contributed by atoms with E-state index in [2.05, 4.69) is 5.32 Å². The van der Waals surface area contributed by atoms with Gasteiger partial charge in [0.25, 0.3) is 11.8 Å². The van der Waals surface area contributed by atoms with E-state index in [1.807, 2.05) is 0 Å². The van der Waals surface area contributed by atoms with Gasteiger partial charge < -0.3 is 0 Å². The molecule has 0 radical (unpaired) electrons. The summed E-state index contributed by atoms with van der Waals surface area (Å²) in [5.74, 6) is -0.601. The van der Waals surface area contributed by atoms with Crippen molar-refractivity contribution >= 4 is 80.7 Å². The number of fused-ring (bicyclic) bond motifs is 1. The van der Waals surface area contributed by atoms with E-state index in [1.165, 1.54) is 0 Å². The Morgan fingerprint density at radius 2 is 1.33 bits per heavy atom. The second-order valence-corrected chi connectivity index (χ2v) is 2.33. The van der Waals surface area contributed by atoms with Gasteiger partial charge in [-0.15, -0.1) is 0 Å². The van der Waals surface area contributed by atoms with Crippen LogP contribution in [0.15, 0.2) is 24.3 Å². The molecule has 56 valence electrons. The van der Waals surface area contributed by atoms with E-state index in [0.717, 1.165) is 0 Å². The third-order valence-corrected chi connectivity index (χ3v) is 1.64. The second-order valence-electron chi connectivity index (χ2n) is 2.33. The van der Waals surface area contributed by atoms with Crippen LogP contribution < -0.4 is 5.32 Å². The summed E-state index contributed by atoms with van der Waals surface area (Å²) in [6.07, 6.45) is 0. The third kappa shape index (κ3) is 1.68. The van der Waals surface area contributed by atoms with Crippen molar-refractivity contribution in [2.45, 2.75) is 0 Å². The van der Waals surface area contributed by atoms with Gasteiger partial charge in [0.2, 0.25) is 0 Å². The Labute approximate surface area is 128 Å². The number of hydrogen-bond acceptors (Lipinski definition) is 2. The van der Waals surface area contributed by atoms with Gasteiger partial charge in [0.1, 0.15) is 0 Å². The Bertz CT molecular complexity index is 316. The zero-order valence-corrected chi connectivity index (χ0v) is 5.63. The van der Waals surface area contributed by atoms with E-state index in [-0.39, 0.29) is 80.7 Å². The standard InChI is InChI=1S/C8H5NO2.Cs.H/c10-7-5-3-1-2-4-6(5)8(11)9-7;;/h1-4H,(H,9,10,11);;. The molecular formula is C8H6CsNO2. The molecule has 0 atom stereocenters. The fourth-order valence-corrected chi connectivity index (χ4v) is 1.12. The molecule has 1 N–H and O–H groups in total. The van der Waals surface area contributed by atoms with Crippen LogP contribution >= 0.6 is 0 Å². The number of carbonyl (C=O) groups is 2. The van der Waals surface area contributed by atoms with E-state index < -0.39 is 0 Å². The van der Waals surface area contributed by atoms with Crippen LogP contribution in [0.5, 0.6) is 0 Å². The predicted octanol–water partition coefficient (Wildman–Crippen LogP) is -0.0783. The Morgan fingerprint density at radius 3 is 1.75 bits per heavy atom. The number of nitrogens with one attached hydrogen (secondary N) is 1. The summed E-state index contributed by atoms with van der Waals surface area (Å²) < 4.78 is 0. The van der Waals surface area contributed by atoms with Crippen LogP contribution in [0, 0.1) is 0 Å². The van der Waals surface area contributed by atoms with Crippen LogP contribution in [0.2, 0.25) is 0 Å². The van der Waals surface area contributed by atoms with Gasteiger partial charge in [-0.3, -0.25) is 14.9 Å². The molecule has 2 rings (SSSR count). The summed E-state index contributed by atoms with van der Waals surface area (Å²) >= 11 is 0. The molecule has 1 aliphatic rings. The predicted molar refractivity (Wildman–Crippen MR) is 45.4 cm³/mol. The summed E-state index contributed by atoms with van der Waals surface area (Å²) in [7, 11) is 0. The normalized spacial score (nSPS) is 13.3. The number of hydrogen-bond donors (Lipinski definition) is 1. The van der Waals surface area contributed by atoms with E-state index in [4.69, 9.17) is 0 Å². The average molecular weight is 281 g/mol. The Balaban J connectivity index is 0.000000720. The van der Waals surface area contributed by atoms with Gasteiger partial charge in [0.05, 0.1) is 11.1 Å². The summed E-state index contributed by atoms with van der Waals surface area (Å²) in [4.78, 5) is 21.9. The number of carbonyl (C=O) groups excluding carboxylic acids is 2. The van der Waals surface area contributed by atoms with Crippen molar-refractivity contribution in [3.63, 3.8) is 0 Å². The van der Waals surface area contributed by atoms with Gasteiger partial charge in [0, 0.05) is 0 Å². The summed E-state index contributed by atoms with van der Waals surface area (Å²) in [5, 5.41) is 2.20. The molecule has 2 amide bonds.